The van der Waals surface area contributed by atoms with E-state index in [0.717, 1.165) is 12.3 Å². The predicted octanol–water partition coefficient (Wildman–Crippen LogP) is 1.27. The van der Waals surface area contributed by atoms with Crippen molar-refractivity contribution in [1.82, 2.24) is 10.2 Å². The fourth-order valence-electron chi connectivity index (χ4n) is 1.47. The predicted molar refractivity (Wildman–Crippen MR) is 41.8 cm³/mol. The third kappa shape index (κ3) is 1.34. The molecule has 2 heterocycles. The Labute approximate surface area is 70.9 Å². The molecule has 1 fully saturated rings. The van der Waals surface area contributed by atoms with Gasteiger partial charge in [0, 0.05) is 6.92 Å². The van der Waals surface area contributed by atoms with Crippen LogP contribution in [0.15, 0.2) is 4.42 Å². The van der Waals surface area contributed by atoms with E-state index < -0.39 is 0 Å². The minimum absolute atomic E-state index is 0.307. The van der Waals surface area contributed by atoms with E-state index in [1.54, 1.807) is 6.92 Å². The van der Waals surface area contributed by atoms with E-state index in [1.807, 2.05) is 0 Å². The molecule has 0 aliphatic carbocycles. The second kappa shape index (κ2) is 2.86. The molecule has 12 heavy (non-hydrogen) atoms. The average Bonchev–Trinajstić information content (AvgIpc) is 2.58. The molecule has 2 rings (SSSR count). The third-order valence-electron chi connectivity index (χ3n) is 2.09. The van der Waals surface area contributed by atoms with Crippen molar-refractivity contribution in [2.24, 2.45) is 0 Å². The van der Waals surface area contributed by atoms with E-state index in [4.69, 9.17) is 9.15 Å². The van der Waals surface area contributed by atoms with E-state index in [0.29, 0.717) is 24.5 Å². The molecule has 0 spiro atoms. The molecule has 0 N–H and O–H groups in total. The minimum Gasteiger partial charge on any atom is -0.425 e. The summed E-state index contributed by atoms with van der Waals surface area (Å²) in [6.07, 6.45) is 1.31. The van der Waals surface area contributed by atoms with Crippen LogP contribution in [0.5, 0.6) is 0 Å². The van der Waals surface area contributed by atoms with E-state index in [2.05, 4.69) is 17.1 Å². The number of ether oxygens (including phenoxy) is 1. The van der Waals surface area contributed by atoms with Crippen molar-refractivity contribution in [3.63, 3.8) is 0 Å². The first-order valence-electron chi connectivity index (χ1n) is 4.17. The first-order valence-corrected chi connectivity index (χ1v) is 4.17. The molecule has 66 valence electrons. The lowest BCUT2D eigenvalue weighted by molar-refractivity contribution is 0.122. The van der Waals surface area contributed by atoms with Crippen molar-refractivity contribution in [3.05, 3.63) is 11.8 Å². The fraction of sp³-hybridized carbons (Fsp3) is 0.750. The summed E-state index contributed by atoms with van der Waals surface area (Å²) in [5.74, 6) is 1.66. The standard InChI is InChI=1S/C8H12N2O2/c1-5-3-7(4-11-5)8-10-9-6(2)12-8/h5,7H,3-4H2,1-2H3. The fourth-order valence-corrected chi connectivity index (χ4v) is 1.47. The summed E-state index contributed by atoms with van der Waals surface area (Å²) in [4.78, 5) is 0. The molecule has 1 aliphatic heterocycles. The SMILES string of the molecule is Cc1nnc(C2COC(C)C2)o1. The van der Waals surface area contributed by atoms with Crippen molar-refractivity contribution >= 4 is 0 Å². The van der Waals surface area contributed by atoms with Crippen molar-refractivity contribution in [1.29, 1.82) is 0 Å². The Bertz CT molecular complexity index is 272. The molecular weight excluding hydrogens is 156 g/mol. The van der Waals surface area contributed by atoms with E-state index in [9.17, 15) is 0 Å². The highest BCUT2D eigenvalue weighted by Gasteiger charge is 2.27. The molecule has 1 aliphatic rings. The van der Waals surface area contributed by atoms with Crippen LogP contribution in [-0.2, 0) is 4.74 Å². The van der Waals surface area contributed by atoms with Gasteiger partial charge in [0.05, 0.1) is 18.6 Å². The Kier molecular flexibility index (Phi) is 1.84. The lowest BCUT2D eigenvalue weighted by Gasteiger charge is -1.98. The quantitative estimate of drug-likeness (QED) is 0.633. The van der Waals surface area contributed by atoms with Gasteiger partial charge < -0.3 is 9.15 Å². The second-order valence-corrected chi connectivity index (χ2v) is 3.24. The molecule has 0 bridgehead atoms. The van der Waals surface area contributed by atoms with Crippen LogP contribution in [0, 0.1) is 6.92 Å². The number of nitrogens with zero attached hydrogens (tertiary/aromatic N) is 2. The van der Waals surface area contributed by atoms with Gasteiger partial charge in [0.15, 0.2) is 0 Å². The lowest BCUT2D eigenvalue weighted by atomic mass is 10.1. The molecule has 2 unspecified atom stereocenters. The third-order valence-corrected chi connectivity index (χ3v) is 2.09. The van der Waals surface area contributed by atoms with Gasteiger partial charge in [-0.1, -0.05) is 0 Å². The van der Waals surface area contributed by atoms with Gasteiger partial charge in [0.25, 0.3) is 0 Å². The van der Waals surface area contributed by atoms with Gasteiger partial charge >= 0.3 is 0 Å². The number of hydrogen-bond donors (Lipinski definition) is 0. The van der Waals surface area contributed by atoms with Crippen LogP contribution in [0.3, 0.4) is 0 Å². The van der Waals surface area contributed by atoms with Gasteiger partial charge in [-0.05, 0) is 13.3 Å². The van der Waals surface area contributed by atoms with Crippen molar-refractivity contribution < 1.29 is 9.15 Å². The summed E-state index contributed by atoms with van der Waals surface area (Å²) < 4.78 is 10.7. The van der Waals surface area contributed by atoms with Gasteiger partial charge in [-0.15, -0.1) is 10.2 Å². The number of aromatic nitrogens is 2. The maximum absolute atomic E-state index is 5.40. The Morgan fingerprint density at radius 3 is 2.75 bits per heavy atom. The Balaban J connectivity index is 2.11. The Hall–Kier alpha value is -0.900. The molecule has 1 aromatic rings. The second-order valence-electron chi connectivity index (χ2n) is 3.24. The molecular formula is C8H12N2O2. The topological polar surface area (TPSA) is 48.2 Å². The van der Waals surface area contributed by atoms with Crippen LogP contribution < -0.4 is 0 Å². The first-order chi connectivity index (χ1) is 5.75. The van der Waals surface area contributed by atoms with Gasteiger partial charge in [0.2, 0.25) is 11.8 Å². The Morgan fingerprint density at radius 2 is 2.25 bits per heavy atom. The van der Waals surface area contributed by atoms with Crippen LogP contribution in [0.4, 0.5) is 0 Å². The highest BCUT2D eigenvalue weighted by Crippen LogP contribution is 2.27. The largest absolute Gasteiger partial charge is 0.425 e. The zero-order chi connectivity index (χ0) is 8.55. The maximum Gasteiger partial charge on any atom is 0.222 e. The van der Waals surface area contributed by atoms with Crippen molar-refractivity contribution in [2.45, 2.75) is 32.3 Å². The van der Waals surface area contributed by atoms with Crippen LogP contribution in [0.1, 0.15) is 31.0 Å². The summed E-state index contributed by atoms with van der Waals surface area (Å²) in [7, 11) is 0. The van der Waals surface area contributed by atoms with Crippen LogP contribution >= 0.6 is 0 Å². The summed E-state index contributed by atoms with van der Waals surface area (Å²) >= 11 is 0. The summed E-state index contributed by atoms with van der Waals surface area (Å²) in [6.45, 7) is 4.57. The van der Waals surface area contributed by atoms with E-state index in [1.165, 1.54) is 0 Å². The molecule has 0 aromatic carbocycles. The molecule has 2 atom stereocenters. The van der Waals surface area contributed by atoms with Gasteiger partial charge in [-0.2, -0.15) is 0 Å². The smallest absolute Gasteiger partial charge is 0.222 e. The van der Waals surface area contributed by atoms with Crippen LogP contribution in [0.25, 0.3) is 0 Å². The molecule has 0 amide bonds. The van der Waals surface area contributed by atoms with Crippen LogP contribution in [-0.4, -0.2) is 22.9 Å². The first kappa shape index (κ1) is 7.73. The molecule has 1 aromatic heterocycles. The van der Waals surface area contributed by atoms with E-state index >= 15 is 0 Å². The average molecular weight is 168 g/mol. The Morgan fingerprint density at radius 1 is 1.42 bits per heavy atom. The monoisotopic (exact) mass is 168 g/mol. The molecule has 4 heteroatoms. The molecule has 1 saturated heterocycles. The zero-order valence-electron chi connectivity index (χ0n) is 7.28. The minimum atomic E-state index is 0.307. The highest BCUT2D eigenvalue weighted by atomic mass is 16.5. The van der Waals surface area contributed by atoms with Gasteiger partial charge in [-0.25, -0.2) is 0 Å². The summed E-state index contributed by atoms with van der Waals surface area (Å²) in [5, 5.41) is 7.75. The molecule has 0 radical (unpaired) electrons. The number of rotatable bonds is 1. The maximum atomic E-state index is 5.40. The zero-order valence-corrected chi connectivity index (χ0v) is 7.28. The summed E-state index contributed by atoms with van der Waals surface area (Å²) in [5.41, 5.74) is 0. The van der Waals surface area contributed by atoms with Gasteiger partial charge in [-0.3, -0.25) is 0 Å². The normalized spacial score (nSPS) is 29.5. The number of hydrogen-bond acceptors (Lipinski definition) is 4. The number of aryl methyl sites for hydroxylation is 1. The molecule has 0 saturated carbocycles. The van der Waals surface area contributed by atoms with Crippen molar-refractivity contribution in [2.75, 3.05) is 6.61 Å². The van der Waals surface area contributed by atoms with E-state index in [-0.39, 0.29) is 0 Å². The van der Waals surface area contributed by atoms with Crippen LogP contribution in [0.2, 0.25) is 0 Å². The lowest BCUT2D eigenvalue weighted by Crippen LogP contribution is -1.98. The highest BCUT2D eigenvalue weighted by molar-refractivity contribution is 4.94. The summed E-state index contributed by atoms with van der Waals surface area (Å²) in [6, 6.07) is 0. The van der Waals surface area contributed by atoms with Gasteiger partial charge in [0.1, 0.15) is 0 Å². The molecule has 4 nitrogen and oxygen atoms in total. The van der Waals surface area contributed by atoms with Crippen molar-refractivity contribution in [3.8, 4) is 0 Å².